The molecule has 10 heteroatoms. The van der Waals surface area contributed by atoms with Crippen LogP contribution < -0.4 is 10.2 Å². The second-order valence-electron chi connectivity index (χ2n) is 5.94. The van der Waals surface area contributed by atoms with Crippen LogP contribution in [0.2, 0.25) is 0 Å². The predicted molar refractivity (Wildman–Crippen MR) is 110 cm³/mol. The number of nitrogens with one attached hydrogen (secondary N) is 1. The number of aryl methyl sites for hydroxylation is 2. The van der Waals surface area contributed by atoms with E-state index in [0.717, 1.165) is 43.3 Å². The number of nitrogens with zero attached hydrogens (tertiary/aromatic N) is 5. The molecule has 3 heterocycles. The quantitative estimate of drug-likeness (QED) is 0.799. The first kappa shape index (κ1) is 22.7. The highest BCUT2D eigenvalue weighted by molar-refractivity contribution is 7.15. The van der Waals surface area contributed by atoms with Crippen LogP contribution in [0.4, 0.5) is 5.13 Å². The van der Waals surface area contributed by atoms with Crippen LogP contribution in [-0.4, -0.2) is 58.8 Å². The number of thiazole rings is 1. The van der Waals surface area contributed by atoms with Gasteiger partial charge in [-0.3, -0.25) is 9.48 Å². The normalized spacial score (nSPS) is 15.2. The van der Waals surface area contributed by atoms with Gasteiger partial charge in [-0.25, -0.2) is 4.98 Å². The van der Waals surface area contributed by atoms with Crippen LogP contribution >= 0.6 is 36.2 Å². The Morgan fingerprint density at radius 3 is 2.46 bits per heavy atom. The van der Waals surface area contributed by atoms with E-state index in [1.54, 1.807) is 22.2 Å². The van der Waals surface area contributed by atoms with Gasteiger partial charge in [-0.1, -0.05) is 6.92 Å². The van der Waals surface area contributed by atoms with E-state index in [2.05, 4.69) is 27.2 Å². The summed E-state index contributed by atoms with van der Waals surface area (Å²) in [5.41, 5.74) is 0.903. The Morgan fingerprint density at radius 2 is 1.96 bits per heavy atom. The second kappa shape index (κ2) is 10.1. The van der Waals surface area contributed by atoms with Gasteiger partial charge < -0.3 is 15.1 Å². The van der Waals surface area contributed by atoms with Crippen LogP contribution in [0.5, 0.6) is 0 Å². The summed E-state index contributed by atoms with van der Waals surface area (Å²) in [5.74, 6) is 0.110. The third kappa shape index (κ3) is 4.88. The van der Waals surface area contributed by atoms with Crippen molar-refractivity contribution in [1.82, 2.24) is 25.0 Å². The van der Waals surface area contributed by atoms with Gasteiger partial charge in [-0.05, 0) is 13.5 Å². The van der Waals surface area contributed by atoms with Crippen molar-refractivity contribution in [3.8, 4) is 0 Å². The molecule has 3 rings (SSSR count). The van der Waals surface area contributed by atoms with Gasteiger partial charge in [0.05, 0.1) is 6.20 Å². The molecule has 0 aromatic carbocycles. The van der Waals surface area contributed by atoms with Crippen LogP contribution in [0.25, 0.3) is 0 Å². The molecule has 146 valence electrons. The van der Waals surface area contributed by atoms with Crippen LogP contribution in [0.3, 0.4) is 0 Å². The molecule has 1 aliphatic heterocycles. The lowest BCUT2D eigenvalue weighted by atomic mass is 10.1. The number of carbonyl (C=O) groups is 1. The van der Waals surface area contributed by atoms with Crippen LogP contribution in [0, 0.1) is 0 Å². The molecular weight excluding hydrogens is 395 g/mol. The Morgan fingerprint density at radius 1 is 1.27 bits per heavy atom. The number of aromatic nitrogens is 3. The Kier molecular flexibility index (Phi) is 8.82. The Balaban J connectivity index is 0.00000169. The number of amides is 1. The summed E-state index contributed by atoms with van der Waals surface area (Å²) in [6, 6.07) is -0.336. The molecule has 1 N–H and O–H groups in total. The number of hydrogen-bond donors (Lipinski definition) is 1. The molecule has 1 amide bonds. The minimum absolute atomic E-state index is 0. The Labute approximate surface area is 170 Å². The van der Waals surface area contributed by atoms with E-state index < -0.39 is 0 Å². The molecule has 0 radical (unpaired) electrons. The van der Waals surface area contributed by atoms with E-state index in [1.807, 2.05) is 31.4 Å². The van der Waals surface area contributed by atoms with Gasteiger partial charge in [-0.15, -0.1) is 36.2 Å². The van der Waals surface area contributed by atoms with E-state index in [0.29, 0.717) is 0 Å². The molecule has 2 aromatic heterocycles. The van der Waals surface area contributed by atoms with Crippen molar-refractivity contribution in [2.24, 2.45) is 7.05 Å². The van der Waals surface area contributed by atoms with Crippen molar-refractivity contribution in [1.29, 1.82) is 0 Å². The molecule has 0 bridgehead atoms. The summed E-state index contributed by atoms with van der Waals surface area (Å²) in [5, 5.41) is 8.35. The SMILES string of the molecule is CCc1cnc(N2CCN(C(=O)C(NC)c3cnn(C)c3)CC2)s1.Cl.Cl. The molecule has 2 aromatic rings. The van der Waals surface area contributed by atoms with E-state index in [4.69, 9.17) is 0 Å². The van der Waals surface area contributed by atoms with Crippen molar-refractivity contribution in [3.63, 3.8) is 0 Å². The monoisotopic (exact) mass is 420 g/mol. The lowest BCUT2D eigenvalue weighted by Crippen LogP contribution is -2.51. The minimum atomic E-state index is -0.336. The maximum atomic E-state index is 12.8. The molecule has 1 unspecified atom stereocenters. The van der Waals surface area contributed by atoms with Gasteiger partial charge in [0.1, 0.15) is 6.04 Å². The minimum Gasteiger partial charge on any atom is -0.345 e. The third-order valence-electron chi connectivity index (χ3n) is 4.35. The number of hydrogen-bond acceptors (Lipinski definition) is 6. The average molecular weight is 421 g/mol. The van der Waals surface area contributed by atoms with E-state index in [1.165, 1.54) is 4.88 Å². The summed E-state index contributed by atoms with van der Waals surface area (Å²) in [6.07, 6.45) is 6.61. The molecule has 7 nitrogen and oxygen atoms in total. The number of anilines is 1. The molecular formula is C16H26Cl2N6OS. The lowest BCUT2D eigenvalue weighted by Gasteiger charge is -2.36. The summed E-state index contributed by atoms with van der Waals surface area (Å²) in [6.45, 7) is 5.23. The summed E-state index contributed by atoms with van der Waals surface area (Å²) in [7, 11) is 3.67. The van der Waals surface area contributed by atoms with Gasteiger partial charge >= 0.3 is 0 Å². The predicted octanol–water partition coefficient (Wildman–Crippen LogP) is 1.89. The first-order chi connectivity index (χ1) is 11.6. The molecule has 1 atom stereocenters. The van der Waals surface area contributed by atoms with Gasteiger partial charge in [0.25, 0.3) is 0 Å². The fourth-order valence-electron chi connectivity index (χ4n) is 2.93. The zero-order chi connectivity index (χ0) is 17.1. The van der Waals surface area contributed by atoms with Crippen molar-refractivity contribution in [2.75, 3.05) is 38.1 Å². The summed E-state index contributed by atoms with van der Waals surface area (Å²) < 4.78 is 1.72. The lowest BCUT2D eigenvalue weighted by molar-refractivity contribution is -0.133. The van der Waals surface area contributed by atoms with Crippen LogP contribution in [0.15, 0.2) is 18.6 Å². The van der Waals surface area contributed by atoms with E-state index in [-0.39, 0.29) is 36.8 Å². The van der Waals surface area contributed by atoms with E-state index in [9.17, 15) is 4.79 Å². The fourth-order valence-corrected chi connectivity index (χ4v) is 3.83. The molecule has 0 aliphatic carbocycles. The van der Waals surface area contributed by atoms with Gasteiger partial charge in [0.2, 0.25) is 5.91 Å². The van der Waals surface area contributed by atoms with Crippen LogP contribution in [0.1, 0.15) is 23.4 Å². The largest absolute Gasteiger partial charge is 0.345 e. The standard InChI is InChI=1S/C16H24N6OS.2ClH/c1-4-13-10-18-16(24-13)22-7-5-21(6-8-22)15(23)14(17-2)12-9-19-20(3)11-12;;/h9-11,14,17H,4-8H2,1-3H3;2*1H. The van der Waals surface area contributed by atoms with Gasteiger partial charge in [0, 0.05) is 56.1 Å². The maximum absolute atomic E-state index is 12.8. The molecule has 1 aliphatic rings. The summed E-state index contributed by atoms with van der Waals surface area (Å²) in [4.78, 5) is 22.8. The Bertz CT molecular complexity index is 698. The van der Waals surface area contributed by atoms with Gasteiger partial charge in [0.15, 0.2) is 5.13 Å². The topological polar surface area (TPSA) is 66.3 Å². The number of carbonyl (C=O) groups excluding carboxylic acids is 1. The molecule has 0 spiro atoms. The van der Waals surface area contributed by atoms with Gasteiger partial charge in [-0.2, -0.15) is 5.10 Å². The molecule has 26 heavy (non-hydrogen) atoms. The van der Waals surface area contributed by atoms with E-state index >= 15 is 0 Å². The maximum Gasteiger partial charge on any atom is 0.244 e. The Hall–Kier alpha value is -1.35. The van der Waals surface area contributed by atoms with Crippen LogP contribution in [-0.2, 0) is 18.3 Å². The van der Waals surface area contributed by atoms with Crippen molar-refractivity contribution >= 4 is 47.2 Å². The first-order valence-electron chi connectivity index (χ1n) is 8.26. The average Bonchev–Trinajstić information content (AvgIpc) is 3.25. The molecule has 1 fully saturated rings. The molecule has 0 saturated carbocycles. The number of likely N-dealkylation sites (N-methyl/N-ethyl adjacent to an activating group) is 1. The van der Waals surface area contributed by atoms with Crippen molar-refractivity contribution in [2.45, 2.75) is 19.4 Å². The number of piperazine rings is 1. The first-order valence-corrected chi connectivity index (χ1v) is 9.08. The smallest absolute Gasteiger partial charge is 0.244 e. The van der Waals surface area contributed by atoms with Crippen molar-refractivity contribution < 1.29 is 4.79 Å². The number of rotatable bonds is 5. The highest BCUT2D eigenvalue weighted by Crippen LogP contribution is 2.24. The highest BCUT2D eigenvalue weighted by Gasteiger charge is 2.29. The third-order valence-corrected chi connectivity index (χ3v) is 5.55. The summed E-state index contributed by atoms with van der Waals surface area (Å²) >= 11 is 1.75. The zero-order valence-electron chi connectivity index (χ0n) is 15.2. The fraction of sp³-hybridized carbons (Fsp3) is 0.562. The zero-order valence-corrected chi connectivity index (χ0v) is 17.7. The second-order valence-corrected chi connectivity index (χ2v) is 7.04. The molecule has 1 saturated heterocycles. The highest BCUT2D eigenvalue weighted by atomic mass is 35.5. The number of halogens is 2. The van der Waals surface area contributed by atoms with Crippen molar-refractivity contribution in [3.05, 3.63) is 29.0 Å².